The lowest BCUT2D eigenvalue weighted by molar-refractivity contribution is 0.894. The lowest BCUT2D eigenvalue weighted by atomic mass is 10.1. The monoisotopic (exact) mass is 164 g/mol. The normalized spacial score (nSPS) is 26.4. The van der Waals surface area contributed by atoms with Crippen LogP contribution in [0.4, 0.5) is 0 Å². The molecule has 66 valence electrons. The summed E-state index contributed by atoms with van der Waals surface area (Å²) in [6, 6.07) is 0.301. The molecule has 0 amide bonds. The zero-order valence-corrected chi connectivity index (χ0v) is 7.96. The van der Waals surface area contributed by atoms with Gasteiger partial charge in [0.05, 0.1) is 6.04 Å². The van der Waals surface area contributed by atoms with Gasteiger partial charge in [0.2, 0.25) is 0 Å². The number of nitrogens with zero attached hydrogens (tertiary/aromatic N) is 1. The molecule has 2 nitrogen and oxygen atoms in total. The Morgan fingerprint density at radius 3 is 3.00 bits per heavy atom. The Morgan fingerprint density at radius 1 is 1.67 bits per heavy atom. The van der Waals surface area contributed by atoms with Gasteiger partial charge in [0.15, 0.2) is 0 Å². The van der Waals surface area contributed by atoms with Crippen LogP contribution in [0.2, 0.25) is 0 Å². The molecule has 1 unspecified atom stereocenters. The van der Waals surface area contributed by atoms with Crippen molar-refractivity contribution in [3.05, 3.63) is 23.4 Å². The van der Waals surface area contributed by atoms with Crippen LogP contribution in [0.1, 0.15) is 20.8 Å². The first-order chi connectivity index (χ1) is 5.79. The fourth-order valence-electron chi connectivity index (χ4n) is 1.37. The van der Waals surface area contributed by atoms with Gasteiger partial charge in [0, 0.05) is 19.0 Å². The van der Waals surface area contributed by atoms with E-state index in [2.05, 4.69) is 30.2 Å². The van der Waals surface area contributed by atoms with E-state index in [4.69, 9.17) is 0 Å². The molecule has 0 radical (unpaired) electrons. The Labute approximate surface area is 74.1 Å². The van der Waals surface area contributed by atoms with E-state index in [1.54, 1.807) is 0 Å². The van der Waals surface area contributed by atoms with Crippen molar-refractivity contribution >= 4 is 6.21 Å². The van der Waals surface area contributed by atoms with E-state index >= 15 is 0 Å². The topological polar surface area (TPSA) is 24.4 Å². The van der Waals surface area contributed by atoms with Gasteiger partial charge in [-0.25, -0.2) is 0 Å². The molecule has 0 aromatic rings. The van der Waals surface area contributed by atoms with Crippen molar-refractivity contribution in [3.63, 3.8) is 0 Å². The Morgan fingerprint density at radius 2 is 2.42 bits per heavy atom. The summed E-state index contributed by atoms with van der Waals surface area (Å²) in [6.45, 7) is 7.07. The van der Waals surface area contributed by atoms with E-state index in [1.807, 2.05) is 19.3 Å². The molecule has 2 heteroatoms. The highest BCUT2D eigenvalue weighted by atomic mass is 14.9. The van der Waals surface area contributed by atoms with Crippen LogP contribution in [0.15, 0.2) is 28.4 Å². The Bertz CT molecular complexity index is 236. The highest BCUT2D eigenvalue weighted by Gasteiger charge is 2.16. The van der Waals surface area contributed by atoms with Crippen molar-refractivity contribution in [2.75, 3.05) is 6.54 Å². The summed E-state index contributed by atoms with van der Waals surface area (Å²) in [7, 11) is 0. The molecule has 0 bridgehead atoms. The molecule has 1 aliphatic heterocycles. The number of nitrogens with one attached hydrogen (secondary N) is 1. The maximum atomic E-state index is 4.22. The molecule has 1 heterocycles. The first-order valence-electron chi connectivity index (χ1n) is 4.39. The van der Waals surface area contributed by atoms with Gasteiger partial charge >= 0.3 is 0 Å². The summed E-state index contributed by atoms with van der Waals surface area (Å²) in [5.74, 6) is 0. The van der Waals surface area contributed by atoms with Crippen molar-refractivity contribution in [1.29, 1.82) is 0 Å². The first-order valence-corrected chi connectivity index (χ1v) is 4.39. The van der Waals surface area contributed by atoms with E-state index in [0.29, 0.717) is 6.04 Å². The maximum Gasteiger partial charge on any atom is 0.0861 e. The van der Waals surface area contributed by atoms with Crippen molar-refractivity contribution < 1.29 is 0 Å². The smallest absolute Gasteiger partial charge is 0.0861 e. The molecule has 12 heavy (non-hydrogen) atoms. The van der Waals surface area contributed by atoms with Crippen LogP contribution in [-0.2, 0) is 0 Å². The molecule has 0 spiro atoms. The number of allylic oxidation sites excluding steroid dienone is 1. The van der Waals surface area contributed by atoms with Gasteiger partial charge in [0.25, 0.3) is 0 Å². The third-order valence-electron chi connectivity index (χ3n) is 2.02. The fraction of sp³-hybridized carbons (Fsp3) is 0.500. The second kappa shape index (κ2) is 4.10. The lowest BCUT2D eigenvalue weighted by Gasteiger charge is -2.07. The minimum Gasteiger partial charge on any atom is -0.379 e. The minimum atomic E-state index is 0.301. The molecule has 0 aromatic heterocycles. The average molecular weight is 164 g/mol. The molecule has 0 aliphatic carbocycles. The summed E-state index contributed by atoms with van der Waals surface area (Å²) in [5, 5.41) is 3.26. The maximum absolute atomic E-state index is 4.22. The van der Waals surface area contributed by atoms with Gasteiger partial charge in [0.1, 0.15) is 0 Å². The standard InChI is InChI=1S/C10H16N2/c1-4-9-8(3)6-12-10(9)7-11-5-2/h4,6-7,10,12H,5H2,1-3H3/b9-4-,11-7-. The van der Waals surface area contributed by atoms with Crippen LogP contribution in [-0.4, -0.2) is 18.8 Å². The Hall–Kier alpha value is -1.05. The van der Waals surface area contributed by atoms with E-state index in [-0.39, 0.29) is 0 Å². The van der Waals surface area contributed by atoms with Crippen LogP contribution in [0, 0.1) is 0 Å². The fourth-order valence-corrected chi connectivity index (χ4v) is 1.37. The Balaban J connectivity index is 2.67. The predicted octanol–water partition coefficient (Wildman–Crippen LogP) is 1.90. The van der Waals surface area contributed by atoms with Crippen LogP contribution in [0.3, 0.4) is 0 Å². The van der Waals surface area contributed by atoms with E-state index in [0.717, 1.165) is 6.54 Å². The zero-order valence-electron chi connectivity index (χ0n) is 7.96. The van der Waals surface area contributed by atoms with Crippen molar-refractivity contribution in [3.8, 4) is 0 Å². The SMILES string of the molecule is C/C=C1/C(C)=CNC1/C=N\CC. The van der Waals surface area contributed by atoms with Gasteiger partial charge in [-0.3, -0.25) is 4.99 Å². The molecular weight excluding hydrogens is 148 g/mol. The van der Waals surface area contributed by atoms with Crippen molar-refractivity contribution in [2.24, 2.45) is 4.99 Å². The molecule has 1 N–H and O–H groups in total. The van der Waals surface area contributed by atoms with Gasteiger partial charge in [-0.15, -0.1) is 0 Å². The number of hydrogen-bond donors (Lipinski definition) is 1. The van der Waals surface area contributed by atoms with E-state index in [9.17, 15) is 0 Å². The lowest BCUT2D eigenvalue weighted by Crippen LogP contribution is -2.22. The molecule has 1 aliphatic rings. The third kappa shape index (κ3) is 1.76. The van der Waals surface area contributed by atoms with E-state index < -0.39 is 0 Å². The molecule has 0 saturated carbocycles. The quantitative estimate of drug-likeness (QED) is 0.619. The van der Waals surface area contributed by atoms with Gasteiger partial charge in [-0.1, -0.05) is 6.08 Å². The van der Waals surface area contributed by atoms with Crippen molar-refractivity contribution in [1.82, 2.24) is 5.32 Å². The average Bonchev–Trinajstić information content (AvgIpc) is 2.43. The van der Waals surface area contributed by atoms with Gasteiger partial charge < -0.3 is 5.32 Å². The van der Waals surface area contributed by atoms with Gasteiger partial charge in [-0.2, -0.15) is 0 Å². The molecule has 0 saturated heterocycles. The van der Waals surface area contributed by atoms with Crippen LogP contribution < -0.4 is 5.32 Å². The summed E-state index contributed by atoms with van der Waals surface area (Å²) in [6.07, 6.45) is 6.15. The van der Waals surface area contributed by atoms with E-state index in [1.165, 1.54) is 11.1 Å². The second-order valence-electron chi connectivity index (χ2n) is 2.86. The number of rotatable bonds is 2. The number of aliphatic imine (C=N–C) groups is 1. The molecule has 0 fully saturated rings. The summed E-state index contributed by atoms with van der Waals surface area (Å²) < 4.78 is 0. The summed E-state index contributed by atoms with van der Waals surface area (Å²) in [5.41, 5.74) is 2.65. The molecule has 0 aromatic carbocycles. The highest BCUT2D eigenvalue weighted by Crippen LogP contribution is 2.17. The third-order valence-corrected chi connectivity index (χ3v) is 2.02. The first kappa shape index (κ1) is 9.04. The van der Waals surface area contributed by atoms with Crippen LogP contribution in [0.25, 0.3) is 0 Å². The Kier molecular flexibility index (Phi) is 3.09. The van der Waals surface area contributed by atoms with Crippen molar-refractivity contribution in [2.45, 2.75) is 26.8 Å². The molecule has 1 atom stereocenters. The predicted molar refractivity (Wildman–Crippen MR) is 53.5 cm³/mol. The molecule has 1 rings (SSSR count). The van der Waals surface area contributed by atoms with Gasteiger partial charge in [-0.05, 0) is 31.9 Å². The second-order valence-corrected chi connectivity index (χ2v) is 2.86. The highest BCUT2D eigenvalue weighted by molar-refractivity contribution is 5.73. The largest absolute Gasteiger partial charge is 0.379 e. The molecular formula is C10H16N2. The minimum absolute atomic E-state index is 0.301. The van der Waals surface area contributed by atoms with Crippen LogP contribution in [0.5, 0.6) is 0 Å². The summed E-state index contributed by atoms with van der Waals surface area (Å²) >= 11 is 0. The summed E-state index contributed by atoms with van der Waals surface area (Å²) in [4.78, 5) is 4.22. The van der Waals surface area contributed by atoms with Crippen LogP contribution >= 0.6 is 0 Å². The number of hydrogen-bond acceptors (Lipinski definition) is 2. The zero-order chi connectivity index (χ0) is 8.97.